The molecule has 0 N–H and O–H groups in total. The van der Waals surface area contributed by atoms with Crippen molar-refractivity contribution in [2.75, 3.05) is 13.1 Å². The van der Waals surface area contributed by atoms with Crippen molar-refractivity contribution in [2.24, 2.45) is 5.92 Å². The van der Waals surface area contributed by atoms with Crippen molar-refractivity contribution in [1.82, 2.24) is 4.90 Å². The molecule has 2 heteroatoms. The fraction of sp³-hybridized carbons (Fsp3) is 0.450. The molecule has 0 saturated heterocycles. The summed E-state index contributed by atoms with van der Waals surface area (Å²) in [6, 6.07) is 14.1. The summed E-state index contributed by atoms with van der Waals surface area (Å²) < 4.78 is 0. The van der Waals surface area contributed by atoms with E-state index < -0.39 is 0 Å². The molecule has 0 aliphatic carbocycles. The van der Waals surface area contributed by atoms with E-state index in [0.717, 1.165) is 35.8 Å². The molecular formula is C20H27NO. The van der Waals surface area contributed by atoms with Crippen LogP contribution in [0, 0.1) is 5.92 Å². The number of rotatable bonds is 7. The monoisotopic (exact) mass is 297 g/mol. The van der Waals surface area contributed by atoms with Gasteiger partial charge in [0.2, 0.25) is 0 Å². The van der Waals surface area contributed by atoms with E-state index in [0.29, 0.717) is 5.92 Å². The molecule has 2 rings (SSSR count). The Bertz CT molecular complexity index is 615. The molecule has 0 fully saturated rings. The first kappa shape index (κ1) is 16.5. The number of hydrogen-bond acceptors (Lipinski definition) is 1. The maximum absolute atomic E-state index is 13.0. The van der Waals surface area contributed by atoms with E-state index >= 15 is 0 Å². The van der Waals surface area contributed by atoms with Crippen molar-refractivity contribution in [3.8, 4) is 0 Å². The third kappa shape index (κ3) is 3.88. The lowest BCUT2D eigenvalue weighted by Gasteiger charge is -2.26. The van der Waals surface area contributed by atoms with Crippen LogP contribution in [0.5, 0.6) is 0 Å². The molecule has 0 radical (unpaired) electrons. The van der Waals surface area contributed by atoms with Crippen molar-refractivity contribution >= 4 is 16.7 Å². The molecule has 2 aromatic rings. The Morgan fingerprint density at radius 3 is 2.50 bits per heavy atom. The minimum atomic E-state index is 0.168. The third-order valence-electron chi connectivity index (χ3n) is 4.11. The molecule has 0 spiro atoms. The van der Waals surface area contributed by atoms with E-state index in [1.807, 2.05) is 35.2 Å². The Kier molecular flexibility index (Phi) is 6.00. The first-order chi connectivity index (χ1) is 10.7. The van der Waals surface area contributed by atoms with Crippen LogP contribution in [-0.2, 0) is 0 Å². The quantitative estimate of drug-likeness (QED) is 0.694. The highest BCUT2D eigenvalue weighted by molar-refractivity contribution is 6.07. The Morgan fingerprint density at radius 2 is 1.77 bits per heavy atom. The molecule has 1 unspecified atom stereocenters. The molecule has 22 heavy (non-hydrogen) atoms. The number of fused-ring (bicyclic) bond motifs is 1. The van der Waals surface area contributed by atoms with Gasteiger partial charge in [-0.2, -0.15) is 0 Å². The zero-order valence-electron chi connectivity index (χ0n) is 14.0. The van der Waals surface area contributed by atoms with Gasteiger partial charge in [0.15, 0.2) is 0 Å². The van der Waals surface area contributed by atoms with Gasteiger partial charge < -0.3 is 4.90 Å². The average Bonchev–Trinajstić information content (AvgIpc) is 2.53. The zero-order chi connectivity index (χ0) is 15.9. The second-order valence-corrected chi connectivity index (χ2v) is 6.17. The van der Waals surface area contributed by atoms with Crippen LogP contribution in [0.2, 0.25) is 0 Å². The van der Waals surface area contributed by atoms with Gasteiger partial charge in [-0.1, -0.05) is 63.6 Å². The lowest BCUT2D eigenvalue weighted by atomic mass is 10.0. The minimum absolute atomic E-state index is 0.168. The molecule has 118 valence electrons. The number of carbonyl (C=O) groups is 1. The SMILES string of the molecule is CCCC(C)CN(CCC)C(=O)c1cccc2ccccc12. The molecule has 0 aliphatic heterocycles. The second kappa shape index (κ2) is 7.98. The lowest BCUT2D eigenvalue weighted by molar-refractivity contribution is 0.0731. The molecule has 0 aliphatic rings. The van der Waals surface area contributed by atoms with Crippen LogP contribution in [-0.4, -0.2) is 23.9 Å². The van der Waals surface area contributed by atoms with Gasteiger partial charge in [-0.25, -0.2) is 0 Å². The summed E-state index contributed by atoms with van der Waals surface area (Å²) in [6.07, 6.45) is 3.34. The summed E-state index contributed by atoms with van der Waals surface area (Å²) in [5.74, 6) is 0.720. The van der Waals surface area contributed by atoms with Crippen LogP contribution >= 0.6 is 0 Å². The minimum Gasteiger partial charge on any atom is -0.338 e. The van der Waals surface area contributed by atoms with Crippen molar-refractivity contribution in [3.05, 3.63) is 48.0 Å². The average molecular weight is 297 g/mol. The van der Waals surface area contributed by atoms with Crippen molar-refractivity contribution in [3.63, 3.8) is 0 Å². The van der Waals surface area contributed by atoms with Gasteiger partial charge in [-0.3, -0.25) is 4.79 Å². The molecule has 0 aromatic heterocycles. The summed E-state index contributed by atoms with van der Waals surface area (Å²) >= 11 is 0. The van der Waals surface area contributed by atoms with E-state index in [9.17, 15) is 4.79 Å². The smallest absolute Gasteiger partial charge is 0.254 e. The van der Waals surface area contributed by atoms with Crippen LogP contribution in [0.3, 0.4) is 0 Å². The Morgan fingerprint density at radius 1 is 1.05 bits per heavy atom. The van der Waals surface area contributed by atoms with Gasteiger partial charge in [0.1, 0.15) is 0 Å². The first-order valence-electron chi connectivity index (χ1n) is 8.44. The van der Waals surface area contributed by atoms with Gasteiger partial charge in [-0.05, 0) is 35.6 Å². The first-order valence-corrected chi connectivity index (χ1v) is 8.44. The van der Waals surface area contributed by atoms with Gasteiger partial charge >= 0.3 is 0 Å². The van der Waals surface area contributed by atoms with E-state index in [-0.39, 0.29) is 5.91 Å². The molecule has 0 saturated carbocycles. The fourth-order valence-corrected chi connectivity index (χ4v) is 3.09. The Labute approximate surface area is 134 Å². The highest BCUT2D eigenvalue weighted by Crippen LogP contribution is 2.21. The zero-order valence-corrected chi connectivity index (χ0v) is 14.0. The highest BCUT2D eigenvalue weighted by atomic mass is 16.2. The fourth-order valence-electron chi connectivity index (χ4n) is 3.09. The topological polar surface area (TPSA) is 20.3 Å². The molecule has 0 bridgehead atoms. The molecule has 1 atom stereocenters. The standard InChI is InChI=1S/C20H27NO/c1-4-9-16(3)15-21(14-5-2)20(22)19-13-8-11-17-10-6-7-12-18(17)19/h6-8,10-13,16H,4-5,9,14-15H2,1-3H3. The number of hydrogen-bond donors (Lipinski definition) is 0. The van der Waals surface area contributed by atoms with E-state index in [2.05, 4.69) is 32.9 Å². The molecule has 2 aromatic carbocycles. The lowest BCUT2D eigenvalue weighted by Crippen LogP contribution is -2.35. The summed E-state index contributed by atoms with van der Waals surface area (Å²) in [5, 5.41) is 2.19. The molecule has 1 amide bonds. The third-order valence-corrected chi connectivity index (χ3v) is 4.11. The van der Waals surface area contributed by atoms with Crippen LogP contribution in [0.4, 0.5) is 0 Å². The molecule has 0 heterocycles. The van der Waals surface area contributed by atoms with Crippen molar-refractivity contribution < 1.29 is 4.79 Å². The van der Waals surface area contributed by atoms with E-state index in [1.165, 1.54) is 12.8 Å². The maximum Gasteiger partial charge on any atom is 0.254 e. The highest BCUT2D eigenvalue weighted by Gasteiger charge is 2.19. The summed E-state index contributed by atoms with van der Waals surface area (Å²) in [6.45, 7) is 8.25. The van der Waals surface area contributed by atoms with Crippen LogP contribution in [0.25, 0.3) is 10.8 Å². The van der Waals surface area contributed by atoms with Crippen LogP contribution in [0.15, 0.2) is 42.5 Å². The van der Waals surface area contributed by atoms with Crippen LogP contribution in [0.1, 0.15) is 50.4 Å². The van der Waals surface area contributed by atoms with E-state index in [1.54, 1.807) is 0 Å². The number of amides is 1. The normalized spacial score (nSPS) is 12.3. The number of nitrogens with zero attached hydrogens (tertiary/aromatic N) is 1. The number of carbonyl (C=O) groups excluding carboxylic acids is 1. The van der Waals surface area contributed by atoms with Gasteiger partial charge in [0.05, 0.1) is 0 Å². The Hall–Kier alpha value is -1.83. The van der Waals surface area contributed by atoms with Gasteiger partial charge in [0, 0.05) is 18.7 Å². The second-order valence-electron chi connectivity index (χ2n) is 6.17. The van der Waals surface area contributed by atoms with Crippen molar-refractivity contribution in [2.45, 2.75) is 40.0 Å². The molecular weight excluding hydrogens is 270 g/mol. The summed E-state index contributed by atoms with van der Waals surface area (Å²) in [7, 11) is 0. The van der Waals surface area contributed by atoms with Gasteiger partial charge in [0.25, 0.3) is 5.91 Å². The van der Waals surface area contributed by atoms with Crippen molar-refractivity contribution in [1.29, 1.82) is 0 Å². The van der Waals surface area contributed by atoms with E-state index in [4.69, 9.17) is 0 Å². The Balaban J connectivity index is 2.28. The van der Waals surface area contributed by atoms with Crippen LogP contribution < -0.4 is 0 Å². The largest absolute Gasteiger partial charge is 0.338 e. The summed E-state index contributed by atoms with van der Waals surface area (Å²) in [5.41, 5.74) is 0.829. The van der Waals surface area contributed by atoms with Gasteiger partial charge in [-0.15, -0.1) is 0 Å². The molecule has 2 nitrogen and oxygen atoms in total. The predicted molar refractivity (Wildman–Crippen MR) is 94.2 cm³/mol. The summed E-state index contributed by atoms with van der Waals surface area (Å²) in [4.78, 5) is 15.0. The maximum atomic E-state index is 13.0. The number of benzene rings is 2. The predicted octanol–water partition coefficient (Wildman–Crippen LogP) is 5.13.